The van der Waals surface area contributed by atoms with Gasteiger partial charge >= 0.3 is 12.4 Å². The van der Waals surface area contributed by atoms with Crippen LogP contribution in [0.25, 0.3) is 11.4 Å². The van der Waals surface area contributed by atoms with Gasteiger partial charge in [0.25, 0.3) is 0 Å². The molecule has 0 aliphatic heterocycles. The van der Waals surface area contributed by atoms with E-state index in [-0.39, 0.29) is 11.4 Å². The molecule has 1 aromatic carbocycles. The highest BCUT2D eigenvalue weighted by atomic mass is 19.4. The third-order valence-corrected chi connectivity index (χ3v) is 3.98. The molecule has 0 aliphatic carbocycles. The molecule has 0 saturated carbocycles. The smallest absolute Gasteiger partial charge is 0.433 e. The van der Waals surface area contributed by atoms with Crippen LogP contribution in [-0.2, 0) is 12.4 Å². The number of nitrogens with zero attached hydrogens (tertiary/aromatic N) is 3. The molecular weight excluding hydrogens is 414 g/mol. The first kappa shape index (κ1) is 21.3. The first-order chi connectivity index (χ1) is 14.0. The van der Waals surface area contributed by atoms with Crippen LogP contribution in [-0.4, -0.2) is 22.1 Å². The number of ether oxygens (including phenoxy) is 1. The average molecular weight is 428 g/mol. The van der Waals surface area contributed by atoms with E-state index < -0.39 is 35.3 Å². The molecule has 158 valence electrons. The van der Waals surface area contributed by atoms with Gasteiger partial charge in [-0.1, -0.05) is 17.7 Å². The van der Waals surface area contributed by atoms with Crippen molar-refractivity contribution in [3.8, 4) is 17.3 Å². The van der Waals surface area contributed by atoms with Gasteiger partial charge in [0.05, 0.1) is 7.11 Å². The van der Waals surface area contributed by atoms with Crippen LogP contribution in [0.3, 0.4) is 0 Å². The maximum atomic E-state index is 13.6. The van der Waals surface area contributed by atoms with Crippen molar-refractivity contribution in [2.24, 2.45) is 0 Å². The molecule has 11 heteroatoms. The number of hydrogen-bond donors (Lipinski definition) is 1. The highest BCUT2D eigenvalue weighted by Crippen LogP contribution is 2.41. The van der Waals surface area contributed by atoms with Crippen LogP contribution < -0.4 is 10.1 Å². The summed E-state index contributed by atoms with van der Waals surface area (Å²) in [7, 11) is 1.00. The van der Waals surface area contributed by atoms with Crippen molar-refractivity contribution in [1.82, 2.24) is 15.0 Å². The van der Waals surface area contributed by atoms with Gasteiger partial charge in [0.15, 0.2) is 17.2 Å². The first-order valence-electron chi connectivity index (χ1n) is 8.39. The molecule has 0 atom stereocenters. The summed E-state index contributed by atoms with van der Waals surface area (Å²) < 4.78 is 83.9. The molecular formula is C19H14F6N4O. The molecule has 0 radical (unpaired) electrons. The van der Waals surface area contributed by atoms with Crippen molar-refractivity contribution < 1.29 is 31.1 Å². The molecule has 0 spiro atoms. The van der Waals surface area contributed by atoms with Crippen molar-refractivity contribution in [3.05, 3.63) is 59.4 Å². The molecule has 3 aromatic rings. The fourth-order valence-corrected chi connectivity index (χ4v) is 2.53. The fourth-order valence-electron chi connectivity index (χ4n) is 2.53. The summed E-state index contributed by atoms with van der Waals surface area (Å²) in [5.41, 5.74) is -1.18. The molecule has 2 heterocycles. The number of methoxy groups -OCH3 is 1. The van der Waals surface area contributed by atoms with Gasteiger partial charge < -0.3 is 10.1 Å². The molecule has 0 saturated heterocycles. The molecule has 1 N–H and O–H groups in total. The quantitative estimate of drug-likeness (QED) is 0.546. The van der Waals surface area contributed by atoms with Gasteiger partial charge in [-0.2, -0.15) is 31.3 Å². The van der Waals surface area contributed by atoms with Crippen LogP contribution in [0.1, 0.15) is 16.8 Å². The second kappa shape index (κ2) is 7.81. The van der Waals surface area contributed by atoms with Gasteiger partial charge in [-0.15, -0.1) is 0 Å². The minimum atomic E-state index is -4.85. The molecule has 30 heavy (non-hydrogen) atoms. The van der Waals surface area contributed by atoms with Crippen LogP contribution in [0.2, 0.25) is 0 Å². The summed E-state index contributed by atoms with van der Waals surface area (Å²) in [6.45, 7) is 1.81. The first-order valence-corrected chi connectivity index (χ1v) is 8.39. The van der Waals surface area contributed by atoms with Gasteiger partial charge in [0.2, 0.25) is 5.88 Å². The zero-order valence-electron chi connectivity index (χ0n) is 15.6. The lowest BCUT2D eigenvalue weighted by molar-refractivity contribution is -0.141. The van der Waals surface area contributed by atoms with Gasteiger partial charge in [-0.3, -0.25) is 4.98 Å². The number of benzene rings is 1. The summed E-state index contributed by atoms with van der Waals surface area (Å²) >= 11 is 0. The van der Waals surface area contributed by atoms with Gasteiger partial charge in [-0.25, -0.2) is 4.98 Å². The van der Waals surface area contributed by atoms with E-state index in [0.717, 1.165) is 24.9 Å². The van der Waals surface area contributed by atoms with E-state index in [1.54, 1.807) is 24.3 Å². The zero-order chi connectivity index (χ0) is 22.1. The van der Waals surface area contributed by atoms with Crippen molar-refractivity contribution >= 4 is 11.5 Å². The normalized spacial score (nSPS) is 12.0. The standard InChI is InChI=1S/C19H14F6N4O/c1-10-3-6-12(7-4-10)27-16-14(19(23,24)25)17(30-2)29-15(28-16)11-5-8-13(26-9-11)18(20,21)22/h3-9H,1-2H3,(H,27,28,29). The molecule has 0 aliphatic rings. The lowest BCUT2D eigenvalue weighted by Gasteiger charge is -2.17. The molecule has 0 bridgehead atoms. The van der Waals surface area contributed by atoms with Crippen LogP contribution in [0.15, 0.2) is 42.6 Å². The predicted molar refractivity (Wildman–Crippen MR) is 96.3 cm³/mol. The van der Waals surface area contributed by atoms with Gasteiger partial charge in [0.1, 0.15) is 5.69 Å². The van der Waals surface area contributed by atoms with E-state index in [2.05, 4.69) is 20.3 Å². The fraction of sp³-hybridized carbons (Fsp3) is 0.211. The van der Waals surface area contributed by atoms with Crippen LogP contribution in [0.4, 0.5) is 37.8 Å². The maximum Gasteiger partial charge on any atom is 0.433 e. The van der Waals surface area contributed by atoms with Crippen LogP contribution >= 0.6 is 0 Å². The number of hydrogen-bond acceptors (Lipinski definition) is 5. The summed E-state index contributed by atoms with van der Waals surface area (Å²) in [5, 5.41) is 2.58. The van der Waals surface area contributed by atoms with Crippen LogP contribution in [0.5, 0.6) is 5.88 Å². The number of rotatable bonds is 4. The van der Waals surface area contributed by atoms with E-state index in [4.69, 9.17) is 4.74 Å². The SMILES string of the molecule is COc1nc(-c2ccc(C(F)(F)F)nc2)nc(Nc2ccc(C)cc2)c1C(F)(F)F. The van der Waals surface area contributed by atoms with Crippen molar-refractivity contribution in [2.75, 3.05) is 12.4 Å². The Balaban J connectivity index is 2.12. The van der Waals surface area contributed by atoms with E-state index >= 15 is 0 Å². The number of pyridine rings is 1. The topological polar surface area (TPSA) is 59.9 Å². The van der Waals surface area contributed by atoms with E-state index in [9.17, 15) is 26.3 Å². The summed E-state index contributed by atoms with van der Waals surface area (Å²) in [5.74, 6) is -1.66. The molecule has 0 amide bonds. The summed E-state index contributed by atoms with van der Waals surface area (Å²) in [4.78, 5) is 10.9. The second-order valence-corrected chi connectivity index (χ2v) is 6.20. The number of anilines is 2. The van der Waals surface area contributed by atoms with E-state index in [1.807, 2.05) is 6.92 Å². The van der Waals surface area contributed by atoms with Crippen molar-refractivity contribution in [1.29, 1.82) is 0 Å². The maximum absolute atomic E-state index is 13.6. The Bertz CT molecular complexity index is 1030. The lowest BCUT2D eigenvalue weighted by atomic mass is 10.2. The van der Waals surface area contributed by atoms with Gasteiger partial charge in [0, 0.05) is 17.4 Å². The van der Waals surface area contributed by atoms with Crippen LogP contribution in [0, 0.1) is 6.92 Å². The predicted octanol–water partition coefficient (Wildman–Crippen LogP) is 5.64. The Morgan fingerprint density at radius 2 is 1.53 bits per heavy atom. The largest absolute Gasteiger partial charge is 0.480 e. The van der Waals surface area contributed by atoms with Crippen molar-refractivity contribution in [3.63, 3.8) is 0 Å². The highest BCUT2D eigenvalue weighted by molar-refractivity contribution is 5.66. The number of alkyl halides is 6. The zero-order valence-corrected chi connectivity index (χ0v) is 15.6. The highest BCUT2D eigenvalue weighted by Gasteiger charge is 2.40. The second-order valence-electron chi connectivity index (χ2n) is 6.20. The monoisotopic (exact) mass is 428 g/mol. The third kappa shape index (κ3) is 4.61. The molecule has 3 rings (SSSR count). The number of nitrogens with one attached hydrogen (secondary N) is 1. The third-order valence-electron chi connectivity index (χ3n) is 3.98. The molecule has 0 fully saturated rings. The summed E-state index contributed by atoms with van der Waals surface area (Å²) in [6.07, 6.45) is -8.68. The molecule has 5 nitrogen and oxygen atoms in total. The minimum Gasteiger partial charge on any atom is -0.480 e. The number of aromatic nitrogens is 3. The Morgan fingerprint density at radius 3 is 2.03 bits per heavy atom. The average Bonchev–Trinajstić information content (AvgIpc) is 2.67. The Kier molecular flexibility index (Phi) is 5.55. The van der Waals surface area contributed by atoms with Gasteiger partial charge in [-0.05, 0) is 31.2 Å². The Morgan fingerprint density at radius 1 is 0.867 bits per heavy atom. The Labute approximate surface area is 166 Å². The summed E-state index contributed by atoms with van der Waals surface area (Å²) in [6, 6.07) is 8.21. The Hall–Kier alpha value is -3.37. The number of halogens is 6. The van der Waals surface area contributed by atoms with Crippen molar-refractivity contribution in [2.45, 2.75) is 19.3 Å². The minimum absolute atomic E-state index is 0.0121. The van der Waals surface area contributed by atoms with E-state index in [1.165, 1.54) is 0 Å². The van der Waals surface area contributed by atoms with E-state index in [0.29, 0.717) is 11.8 Å². The molecule has 2 aromatic heterocycles. The molecule has 0 unspecified atom stereocenters. The number of aryl methyl sites for hydroxylation is 1. The lowest BCUT2D eigenvalue weighted by Crippen LogP contribution is -2.15.